The van der Waals surface area contributed by atoms with Gasteiger partial charge in [-0.1, -0.05) is 23.7 Å². The summed E-state index contributed by atoms with van der Waals surface area (Å²) < 4.78 is 6.65. The maximum absolute atomic E-state index is 10.7. The van der Waals surface area contributed by atoms with Crippen LogP contribution in [0.15, 0.2) is 30.5 Å². The van der Waals surface area contributed by atoms with E-state index in [1.54, 1.807) is 13.2 Å². The van der Waals surface area contributed by atoms with Crippen molar-refractivity contribution in [1.29, 1.82) is 0 Å². The first-order chi connectivity index (χ1) is 7.77. The first-order valence-electron chi connectivity index (χ1n) is 4.60. The molecule has 0 unspecified atom stereocenters. The molecule has 82 valence electrons. The third-order valence-electron chi connectivity index (χ3n) is 2.18. The van der Waals surface area contributed by atoms with Crippen LogP contribution in [-0.2, 0) is 0 Å². The molecule has 0 spiro atoms. The molecule has 0 fully saturated rings. The molecular weight excluding hydrogens is 228 g/mol. The molecule has 1 aromatic heterocycles. The average molecular weight is 237 g/mol. The van der Waals surface area contributed by atoms with E-state index in [9.17, 15) is 4.79 Å². The van der Waals surface area contributed by atoms with E-state index in [-0.39, 0.29) is 5.15 Å². The second kappa shape index (κ2) is 4.37. The number of aromatic nitrogens is 2. The standard InChI is InChI=1S/C11H9ClN2O2/c1-16-10-5-3-2-4-9(10)14-11(12)8(7-15)6-13-14/h2-7H,1H3. The van der Waals surface area contributed by atoms with Gasteiger partial charge in [0.15, 0.2) is 6.29 Å². The number of nitrogens with zero attached hydrogens (tertiary/aromatic N) is 2. The Kier molecular flexibility index (Phi) is 2.92. The van der Waals surface area contributed by atoms with Crippen LogP contribution < -0.4 is 4.74 Å². The molecule has 1 aromatic carbocycles. The monoisotopic (exact) mass is 236 g/mol. The van der Waals surface area contributed by atoms with Crippen molar-refractivity contribution in [2.24, 2.45) is 0 Å². The summed E-state index contributed by atoms with van der Waals surface area (Å²) in [6.07, 6.45) is 2.09. The van der Waals surface area contributed by atoms with Crippen molar-refractivity contribution < 1.29 is 9.53 Å². The smallest absolute Gasteiger partial charge is 0.154 e. The molecule has 0 atom stereocenters. The number of benzene rings is 1. The predicted molar refractivity (Wildman–Crippen MR) is 60.5 cm³/mol. The SMILES string of the molecule is COc1ccccc1-n1ncc(C=O)c1Cl. The largest absolute Gasteiger partial charge is 0.494 e. The van der Waals surface area contributed by atoms with Crippen LogP contribution in [0.5, 0.6) is 5.75 Å². The van der Waals surface area contributed by atoms with E-state index < -0.39 is 0 Å². The van der Waals surface area contributed by atoms with Crippen LogP contribution in [0.1, 0.15) is 10.4 Å². The molecule has 1 heterocycles. The van der Waals surface area contributed by atoms with Crippen LogP contribution in [0, 0.1) is 0 Å². The molecule has 0 aliphatic heterocycles. The van der Waals surface area contributed by atoms with Gasteiger partial charge in [0.1, 0.15) is 16.6 Å². The second-order valence-electron chi connectivity index (χ2n) is 3.09. The van der Waals surface area contributed by atoms with Gasteiger partial charge in [-0.2, -0.15) is 5.10 Å². The van der Waals surface area contributed by atoms with E-state index in [2.05, 4.69) is 5.10 Å². The zero-order chi connectivity index (χ0) is 11.5. The minimum absolute atomic E-state index is 0.277. The molecule has 2 rings (SSSR count). The van der Waals surface area contributed by atoms with Crippen molar-refractivity contribution >= 4 is 17.9 Å². The summed E-state index contributed by atoms with van der Waals surface area (Å²) in [7, 11) is 1.57. The highest BCUT2D eigenvalue weighted by Gasteiger charge is 2.12. The molecular formula is C11H9ClN2O2. The van der Waals surface area contributed by atoms with Crippen molar-refractivity contribution in [2.75, 3.05) is 7.11 Å². The molecule has 0 amide bonds. The molecule has 0 aliphatic carbocycles. The Hall–Kier alpha value is -1.81. The fourth-order valence-electron chi connectivity index (χ4n) is 1.40. The molecule has 0 N–H and O–H groups in total. The van der Waals surface area contributed by atoms with Gasteiger partial charge in [-0.05, 0) is 12.1 Å². The summed E-state index contributed by atoms with van der Waals surface area (Å²) in [5.41, 5.74) is 1.05. The lowest BCUT2D eigenvalue weighted by atomic mass is 10.3. The minimum atomic E-state index is 0.277. The third kappa shape index (κ3) is 1.67. The maximum atomic E-state index is 10.7. The van der Waals surface area contributed by atoms with Gasteiger partial charge in [0.05, 0.1) is 18.9 Å². The summed E-state index contributed by atoms with van der Waals surface area (Å²) in [5.74, 6) is 0.643. The van der Waals surface area contributed by atoms with Gasteiger partial charge >= 0.3 is 0 Å². The van der Waals surface area contributed by atoms with Gasteiger partial charge in [0.2, 0.25) is 0 Å². The zero-order valence-corrected chi connectivity index (χ0v) is 9.31. The van der Waals surface area contributed by atoms with E-state index in [4.69, 9.17) is 16.3 Å². The van der Waals surface area contributed by atoms with Crippen molar-refractivity contribution in [3.63, 3.8) is 0 Å². The number of carbonyl (C=O) groups excluding carboxylic acids is 1. The highest BCUT2D eigenvalue weighted by atomic mass is 35.5. The lowest BCUT2D eigenvalue weighted by molar-refractivity contribution is 0.112. The van der Waals surface area contributed by atoms with E-state index in [0.29, 0.717) is 23.3 Å². The number of rotatable bonds is 3. The second-order valence-corrected chi connectivity index (χ2v) is 3.45. The Bertz CT molecular complexity index is 522. The Morgan fingerprint density at radius 1 is 1.44 bits per heavy atom. The summed E-state index contributed by atoms with van der Waals surface area (Å²) in [6.45, 7) is 0. The number of para-hydroxylation sites is 2. The fourth-order valence-corrected chi connectivity index (χ4v) is 1.63. The van der Waals surface area contributed by atoms with Crippen LogP contribution >= 0.6 is 11.6 Å². The van der Waals surface area contributed by atoms with Gasteiger partial charge in [-0.25, -0.2) is 4.68 Å². The first kappa shape index (κ1) is 10.7. The summed E-state index contributed by atoms with van der Waals surface area (Å²) >= 11 is 6.00. The summed E-state index contributed by atoms with van der Waals surface area (Å²) in [6, 6.07) is 7.30. The topological polar surface area (TPSA) is 44.1 Å². The summed E-state index contributed by atoms with van der Waals surface area (Å²) in [5, 5.41) is 4.32. The predicted octanol–water partition coefficient (Wildman–Crippen LogP) is 2.35. The molecule has 4 nitrogen and oxygen atoms in total. The Balaban J connectivity index is 2.58. The Morgan fingerprint density at radius 3 is 2.81 bits per heavy atom. The highest BCUT2D eigenvalue weighted by Crippen LogP contribution is 2.26. The Labute approximate surface area is 97.4 Å². The number of hydrogen-bond acceptors (Lipinski definition) is 3. The van der Waals surface area contributed by atoms with Crippen molar-refractivity contribution in [3.05, 3.63) is 41.2 Å². The normalized spacial score (nSPS) is 10.1. The van der Waals surface area contributed by atoms with Gasteiger partial charge in [0, 0.05) is 0 Å². The molecule has 0 aliphatic rings. The summed E-state index contributed by atoms with van der Waals surface area (Å²) in [4.78, 5) is 10.7. The lowest BCUT2D eigenvalue weighted by Crippen LogP contribution is -1.99. The molecule has 0 bridgehead atoms. The van der Waals surface area contributed by atoms with E-state index >= 15 is 0 Å². The maximum Gasteiger partial charge on any atom is 0.154 e. The number of halogens is 1. The minimum Gasteiger partial charge on any atom is -0.494 e. The van der Waals surface area contributed by atoms with Crippen LogP contribution in [0.25, 0.3) is 5.69 Å². The van der Waals surface area contributed by atoms with E-state index in [1.165, 1.54) is 10.9 Å². The molecule has 2 aromatic rings. The van der Waals surface area contributed by atoms with Crippen molar-refractivity contribution in [3.8, 4) is 11.4 Å². The molecule has 0 radical (unpaired) electrons. The fraction of sp³-hybridized carbons (Fsp3) is 0.0909. The highest BCUT2D eigenvalue weighted by molar-refractivity contribution is 6.32. The number of carbonyl (C=O) groups is 1. The van der Waals surface area contributed by atoms with Crippen LogP contribution in [-0.4, -0.2) is 23.2 Å². The Morgan fingerprint density at radius 2 is 2.19 bits per heavy atom. The van der Waals surface area contributed by atoms with E-state index in [1.807, 2.05) is 18.2 Å². The molecule has 0 saturated heterocycles. The van der Waals surface area contributed by atoms with Crippen molar-refractivity contribution in [1.82, 2.24) is 9.78 Å². The first-order valence-corrected chi connectivity index (χ1v) is 4.98. The third-order valence-corrected chi connectivity index (χ3v) is 2.56. The molecule has 16 heavy (non-hydrogen) atoms. The van der Waals surface area contributed by atoms with Crippen LogP contribution in [0.3, 0.4) is 0 Å². The van der Waals surface area contributed by atoms with Gasteiger partial charge < -0.3 is 4.74 Å². The van der Waals surface area contributed by atoms with Crippen LogP contribution in [0.4, 0.5) is 0 Å². The van der Waals surface area contributed by atoms with Gasteiger partial charge in [-0.15, -0.1) is 0 Å². The van der Waals surface area contributed by atoms with Crippen LogP contribution in [0.2, 0.25) is 5.15 Å². The van der Waals surface area contributed by atoms with E-state index in [0.717, 1.165) is 0 Å². The number of hydrogen-bond donors (Lipinski definition) is 0. The number of aldehydes is 1. The molecule has 0 saturated carbocycles. The molecule has 5 heteroatoms. The van der Waals surface area contributed by atoms with Gasteiger partial charge in [-0.3, -0.25) is 4.79 Å². The van der Waals surface area contributed by atoms with Crippen molar-refractivity contribution in [2.45, 2.75) is 0 Å². The van der Waals surface area contributed by atoms with Gasteiger partial charge in [0.25, 0.3) is 0 Å². The number of methoxy groups -OCH3 is 1. The quantitative estimate of drug-likeness (QED) is 0.769. The average Bonchev–Trinajstić information content (AvgIpc) is 2.70. The zero-order valence-electron chi connectivity index (χ0n) is 8.55. The number of ether oxygens (including phenoxy) is 1. The lowest BCUT2D eigenvalue weighted by Gasteiger charge is -2.08.